The summed E-state index contributed by atoms with van der Waals surface area (Å²) in [5, 5.41) is 37.9. The number of hydrogen-bond donors (Lipinski definition) is 3. The highest BCUT2D eigenvalue weighted by molar-refractivity contribution is 7.13. The van der Waals surface area contributed by atoms with Gasteiger partial charge in [0.25, 0.3) is 0 Å². The van der Waals surface area contributed by atoms with Crippen molar-refractivity contribution >= 4 is 22.4 Å². The maximum Gasteiger partial charge on any atom is 0.311 e. The lowest BCUT2D eigenvalue weighted by molar-refractivity contribution is -0.328. The topological polar surface area (TPSA) is 147 Å². The summed E-state index contributed by atoms with van der Waals surface area (Å²) < 4.78 is 34.1. The Bertz CT molecular complexity index is 1310. The number of likely N-dealkylation sites (N-methyl/N-ethyl adjacent to an activating group) is 2. The third-order valence-corrected chi connectivity index (χ3v) is 13.2. The van der Waals surface area contributed by atoms with Crippen LogP contribution in [0.3, 0.4) is 0 Å². The predicted molar refractivity (Wildman–Crippen MR) is 199 cm³/mol. The number of nitrogens with zero attached hydrogens (tertiary/aromatic N) is 4. The van der Waals surface area contributed by atoms with Gasteiger partial charge in [-0.2, -0.15) is 0 Å². The minimum absolute atomic E-state index is 0.0324. The molecule has 0 amide bonds. The van der Waals surface area contributed by atoms with E-state index >= 15 is 0 Å². The number of hydrogen-bond acceptors (Lipinski definition) is 14. The van der Waals surface area contributed by atoms with Crippen LogP contribution in [-0.2, 0) is 28.5 Å². The van der Waals surface area contributed by atoms with Crippen molar-refractivity contribution in [3.63, 3.8) is 0 Å². The van der Waals surface area contributed by atoms with E-state index in [0.29, 0.717) is 51.7 Å². The molecular weight excluding hydrogens is 689 g/mol. The second kappa shape index (κ2) is 16.3. The number of anilines is 1. The molecule has 4 fully saturated rings. The molecule has 14 heteroatoms. The SMILES string of the molecule is CC[C@H]1OC(=O)[C@H](C)[C@H]2OC3(CCN(c4nccs4)CC3)O[C@](C)(C[C@@H](C)CN(C)[C@H](C)[C@@H](O)[C@]1(C)O)[C@H](O[C@@H]1O[C@H](C)CC(N(C)C)[C@H]1O)[C@H]2C. The zero-order valence-electron chi connectivity index (χ0n) is 33.2. The van der Waals surface area contributed by atoms with Crippen LogP contribution in [0.15, 0.2) is 11.6 Å². The number of esters is 1. The predicted octanol–water partition coefficient (Wildman–Crippen LogP) is 3.49. The molecule has 52 heavy (non-hydrogen) atoms. The Morgan fingerprint density at radius 3 is 2.38 bits per heavy atom. The van der Waals surface area contributed by atoms with Gasteiger partial charge in [0.2, 0.25) is 0 Å². The largest absolute Gasteiger partial charge is 0.459 e. The first-order valence-electron chi connectivity index (χ1n) is 19.3. The van der Waals surface area contributed by atoms with Gasteiger partial charge in [-0.3, -0.25) is 4.79 Å². The number of carbonyl (C=O) groups is 1. The number of fused-ring (bicyclic) bond motifs is 3. The molecule has 2 bridgehead atoms. The van der Waals surface area contributed by atoms with Crippen molar-refractivity contribution in [3.8, 4) is 0 Å². The van der Waals surface area contributed by atoms with Crippen molar-refractivity contribution in [1.29, 1.82) is 0 Å². The third kappa shape index (κ3) is 8.51. The second-order valence-electron chi connectivity index (χ2n) is 17.0. The minimum Gasteiger partial charge on any atom is -0.459 e. The molecule has 4 aliphatic rings. The number of cyclic esters (lactones) is 1. The van der Waals surface area contributed by atoms with Crippen LogP contribution in [-0.4, -0.2) is 149 Å². The molecule has 1 unspecified atom stereocenters. The van der Waals surface area contributed by atoms with E-state index in [1.807, 2.05) is 70.2 Å². The van der Waals surface area contributed by atoms with Crippen molar-refractivity contribution in [3.05, 3.63) is 11.6 Å². The van der Waals surface area contributed by atoms with E-state index in [4.69, 9.17) is 23.7 Å². The van der Waals surface area contributed by atoms with Gasteiger partial charge in [0.05, 0.1) is 29.8 Å². The van der Waals surface area contributed by atoms with Crippen LogP contribution in [0.1, 0.15) is 87.5 Å². The molecule has 298 valence electrons. The number of aromatic nitrogens is 1. The summed E-state index contributed by atoms with van der Waals surface area (Å²) in [6.45, 7) is 17.2. The van der Waals surface area contributed by atoms with Gasteiger partial charge in [0, 0.05) is 62.1 Å². The molecule has 1 aromatic heterocycles. The highest BCUT2D eigenvalue weighted by Gasteiger charge is 2.58. The lowest BCUT2D eigenvalue weighted by Gasteiger charge is -2.49. The van der Waals surface area contributed by atoms with Crippen molar-refractivity contribution in [2.75, 3.05) is 45.7 Å². The van der Waals surface area contributed by atoms with Crippen LogP contribution in [0.25, 0.3) is 0 Å². The number of aliphatic hydroxyl groups is 3. The third-order valence-electron chi connectivity index (χ3n) is 12.4. The highest BCUT2D eigenvalue weighted by atomic mass is 32.1. The summed E-state index contributed by atoms with van der Waals surface area (Å²) in [6, 6.07) is -0.628. The molecule has 13 nitrogen and oxygen atoms in total. The van der Waals surface area contributed by atoms with Crippen molar-refractivity contribution in [2.45, 2.75) is 159 Å². The first-order valence-corrected chi connectivity index (χ1v) is 20.2. The maximum atomic E-state index is 14.3. The molecule has 1 aromatic rings. The lowest BCUT2D eigenvalue weighted by Crippen LogP contribution is -2.60. The Kier molecular flexibility index (Phi) is 13.1. The van der Waals surface area contributed by atoms with Crippen LogP contribution in [0.2, 0.25) is 0 Å². The lowest BCUT2D eigenvalue weighted by atomic mass is 9.78. The molecule has 0 aromatic carbocycles. The van der Waals surface area contributed by atoms with Gasteiger partial charge in [0.15, 0.2) is 17.2 Å². The first-order chi connectivity index (χ1) is 24.3. The number of thiazole rings is 1. The molecule has 0 radical (unpaired) electrons. The van der Waals surface area contributed by atoms with E-state index in [9.17, 15) is 20.1 Å². The molecule has 5 rings (SSSR count). The average molecular weight is 755 g/mol. The Balaban J connectivity index is 1.60. The molecule has 0 saturated carbocycles. The standard InChI is InChI=1S/C38H66N4O9S/c1-12-28-37(8,46)31(44)26(6)41(11)21-22(2)20-36(7)32(49-34-29(43)27(40(9)10)19-23(3)47-34)24(4)30(25(5)33(45)48-28)50-38(51-36)13-16-42(17-14-38)35-39-15-18-52-35/h15,18,22-32,34,43-44,46H,12-14,16-17,19-21H2,1-11H3/t22-,23-,24+,25-,26-,27?,28-,29-,30+,31-,32-,34+,36-,37-/m1/s1. The Morgan fingerprint density at radius 2 is 1.79 bits per heavy atom. The summed E-state index contributed by atoms with van der Waals surface area (Å²) in [4.78, 5) is 25.1. The second-order valence-corrected chi connectivity index (χ2v) is 17.9. The van der Waals surface area contributed by atoms with Crippen molar-refractivity contribution in [2.24, 2.45) is 17.8 Å². The summed E-state index contributed by atoms with van der Waals surface area (Å²) in [5.41, 5.74) is -2.67. The van der Waals surface area contributed by atoms with Crippen LogP contribution < -0.4 is 4.90 Å². The van der Waals surface area contributed by atoms with Crippen LogP contribution in [0, 0.1) is 17.8 Å². The zero-order chi connectivity index (χ0) is 38.3. The van der Waals surface area contributed by atoms with E-state index < -0.39 is 77.6 Å². The summed E-state index contributed by atoms with van der Waals surface area (Å²) >= 11 is 1.60. The monoisotopic (exact) mass is 754 g/mol. The van der Waals surface area contributed by atoms with E-state index in [1.165, 1.54) is 0 Å². The van der Waals surface area contributed by atoms with Gasteiger partial charge >= 0.3 is 5.97 Å². The van der Waals surface area contributed by atoms with E-state index in [1.54, 1.807) is 25.2 Å². The van der Waals surface area contributed by atoms with Gasteiger partial charge in [-0.25, -0.2) is 4.98 Å². The summed E-state index contributed by atoms with van der Waals surface area (Å²) in [6.07, 6.45) is -1.16. The molecular formula is C38H66N4O9S. The molecule has 0 aliphatic carbocycles. The number of carbonyl (C=O) groups excluding carboxylic acids is 1. The average Bonchev–Trinajstić information content (AvgIpc) is 3.60. The number of rotatable bonds is 5. The zero-order valence-corrected chi connectivity index (χ0v) is 34.0. The van der Waals surface area contributed by atoms with Gasteiger partial charge < -0.3 is 53.7 Å². The fourth-order valence-electron chi connectivity index (χ4n) is 9.34. The molecule has 3 N–H and O–H groups in total. The normalized spacial score (nSPS) is 44.3. The van der Waals surface area contributed by atoms with Crippen molar-refractivity contribution < 1.29 is 43.8 Å². The fraction of sp³-hybridized carbons (Fsp3) is 0.895. The van der Waals surface area contributed by atoms with E-state index in [2.05, 4.69) is 23.7 Å². The van der Waals surface area contributed by atoms with Crippen molar-refractivity contribution in [1.82, 2.24) is 14.8 Å². The van der Waals surface area contributed by atoms with Gasteiger partial charge in [0.1, 0.15) is 23.9 Å². The number of piperidine rings is 1. The van der Waals surface area contributed by atoms with Crippen LogP contribution in [0.5, 0.6) is 0 Å². The van der Waals surface area contributed by atoms with Gasteiger partial charge in [-0.05, 0) is 80.9 Å². The first kappa shape index (κ1) is 41.7. The molecule has 4 aliphatic heterocycles. The maximum absolute atomic E-state index is 14.3. The van der Waals surface area contributed by atoms with Crippen LogP contribution in [0.4, 0.5) is 5.13 Å². The highest BCUT2D eigenvalue weighted by Crippen LogP contribution is 2.48. The Labute approximate surface area is 314 Å². The fourth-order valence-corrected chi connectivity index (χ4v) is 10.0. The Morgan fingerprint density at radius 1 is 1.12 bits per heavy atom. The number of ether oxygens (including phenoxy) is 5. The van der Waals surface area contributed by atoms with Crippen LogP contribution >= 0.6 is 11.3 Å². The van der Waals surface area contributed by atoms with Gasteiger partial charge in [-0.15, -0.1) is 11.3 Å². The van der Waals surface area contributed by atoms with E-state index in [0.717, 1.165) is 5.13 Å². The minimum atomic E-state index is -1.71. The summed E-state index contributed by atoms with van der Waals surface area (Å²) in [5.74, 6) is -2.77. The molecule has 5 heterocycles. The quantitative estimate of drug-likeness (QED) is 0.378. The summed E-state index contributed by atoms with van der Waals surface area (Å²) in [7, 11) is 5.84. The molecule has 14 atom stereocenters. The van der Waals surface area contributed by atoms with Gasteiger partial charge in [-0.1, -0.05) is 20.8 Å². The number of aliphatic hydroxyl groups excluding tert-OH is 2. The smallest absolute Gasteiger partial charge is 0.311 e. The molecule has 4 saturated heterocycles. The molecule has 1 spiro atoms. The Hall–Kier alpha value is -1.46. The van der Waals surface area contributed by atoms with E-state index in [-0.39, 0.29) is 18.1 Å².